The summed E-state index contributed by atoms with van der Waals surface area (Å²) in [5, 5.41) is 2.80. The minimum Gasteiger partial charge on any atom is -0.399 e. The Kier molecular flexibility index (Phi) is 4.13. The first kappa shape index (κ1) is 12.3. The number of nitrogens with two attached hydrogens (primary N) is 2. The second-order valence-electron chi connectivity index (χ2n) is 3.21. The molecule has 0 aliphatic carbocycles. The second kappa shape index (κ2) is 5.37. The van der Waals surface area contributed by atoms with Crippen molar-refractivity contribution in [2.45, 2.75) is 6.42 Å². The normalized spacial score (nSPS) is 9.81. The van der Waals surface area contributed by atoms with Gasteiger partial charge in [-0.15, -0.1) is 0 Å². The van der Waals surface area contributed by atoms with Crippen LogP contribution in [0.2, 0.25) is 5.02 Å². The van der Waals surface area contributed by atoms with Crippen LogP contribution in [0.25, 0.3) is 0 Å². The Bertz CT molecular complexity index is 421. The number of nitrogen functional groups attached to an aromatic ring is 1. The van der Waals surface area contributed by atoms with Crippen molar-refractivity contribution in [3.05, 3.63) is 28.8 Å². The number of benzene rings is 1. The molecule has 0 spiro atoms. The summed E-state index contributed by atoms with van der Waals surface area (Å²) in [6, 6.07) is 4.59. The third kappa shape index (κ3) is 3.43. The monoisotopic (exact) mass is 241 g/mol. The number of halogens is 1. The van der Waals surface area contributed by atoms with E-state index in [-0.39, 0.29) is 23.9 Å². The Morgan fingerprint density at radius 1 is 1.38 bits per heavy atom. The molecule has 1 rings (SSSR count). The molecule has 86 valence electrons. The second-order valence-corrected chi connectivity index (χ2v) is 3.62. The molecule has 1 aromatic rings. The SMILES string of the molecule is NC(=O)CCNC(=O)c1ccc(N)cc1Cl. The fourth-order valence-corrected chi connectivity index (χ4v) is 1.38. The summed E-state index contributed by atoms with van der Waals surface area (Å²) in [6.07, 6.45) is 0.0956. The van der Waals surface area contributed by atoms with Gasteiger partial charge in [0.1, 0.15) is 0 Å². The Hall–Kier alpha value is -1.75. The standard InChI is InChI=1S/C10H12ClN3O2/c11-8-5-6(12)1-2-7(8)10(16)14-4-3-9(13)15/h1-2,5H,3-4,12H2,(H2,13,15)(H,14,16). The van der Waals surface area contributed by atoms with Crippen molar-refractivity contribution in [3.8, 4) is 0 Å². The van der Waals surface area contributed by atoms with Crippen LogP contribution < -0.4 is 16.8 Å². The van der Waals surface area contributed by atoms with Crippen molar-refractivity contribution in [2.24, 2.45) is 5.73 Å². The van der Waals surface area contributed by atoms with Gasteiger partial charge in [0.15, 0.2) is 0 Å². The van der Waals surface area contributed by atoms with Gasteiger partial charge in [0.25, 0.3) is 5.91 Å². The van der Waals surface area contributed by atoms with E-state index >= 15 is 0 Å². The molecule has 0 saturated carbocycles. The molecule has 6 heteroatoms. The average molecular weight is 242 g/mol. The zero-order valence-electron chi connectivity index (χ0n) is 8.50. The highest BCUT2D eigenvalue weighted by molar-refractivity contribution is 6.34. The number of carbonyl (C=O) groups is 2. The van der Waals surface area contributed by atoms with Gasteiger partial charge in [-0.3, -0.25) is 9.59 Å². The topological polar surface area (TPSA) is 98.2 Å². The number of amides is 2. The maximum Gasteiger partial charge on any atom is 0.252 e. The molecule has 0 saturated heterocycles. The Morgan fingerprint density at radius 2 is 2.06 bits per heavy atom. The molecule has 0 aliphatic heterocycles. The zero-order chi connectivity index (χ0) is 12.1. The molecule has 16 heavy (non-hydrogen) atoms. The smallest absolute Gasteiger partial charge is 0.252 e. The first-order chi connectivity index (χ1) is 7.50. The van der Waals surface area contributed by atoms with Crippen LogP contribution in [-0.2, 0) is 4.79 Å². The van der Waals surface area contributed by atoms with Crippen molar-refractivity contribution in [1.82, 2.24) is 5.32 Å². The van der Waals surface area contributed by atoms with Gasteiger partial charge in [0.2, 0.25) is 5.91 Å². The Balaban J connectivity index is 2.63. The van der Waals surface area contributed by atoms with Crippen LogP contribution in [0.15, 0.2) is 18.2 Å². The number of anilines is 1. The lowest BCUT2D eigenvalue weighted by molar-refractivity contribution is -0.117. The molecule has 0 heterocycles. The lowest BCUT2D eigenvalue weighted by atomic mass is 10.2. The van der Waals surface area contributed by atoms with Crippen molar-refractivity contribution < 1.29 is 9.59 Å². The van der Waals surface area contributed by atoms with E-state index in [1.807, 2.05) is 0 Å². The maximum atomic E-state index is 11.6. The van der Waals surface area contributed by atoms with E-state index in [1.165, 1.54) is 12.1 Å². The van der Waals surface area contributed by atoms with Gasteiger partial charge in [-0.05, 0) is 18.2 Å². The quantitative estimate of drug-likeness (QED) is 0.671. The highest BCUT2D eigenvalue weighted by atomic mass is 35.5. The van der Waals surface area contributed by atoms with Crippen molar-refractivity contribution >= 4 is 29.1 Å². The van der Waals surface area contributed by atoms with E-state index in [1.54, 1.807) is 6.07 Å². The molecule has 1 aromatic carbocycles. The number of nitrogens with one attached hydrogen (secondary N) is 1. The van der Waals surface area contributed by atoms with Crippen LogP contribution in [0.5, 0.6) is 0 Å². The summed E-state index contributed by atoms with van der Waals surface area (Å²) in [5.41, 5.74) is 11.2. The first-order valence-electron chi connectivity index (χ1n) is 4.62. The number of primary amides is 1. The molecular weight excluding hydrogens is 230 g/mol. The van der Waals surface area contributed by atoms with E-state index < -0.39 is 5.91 Å². The summed E-state index contributed by atoms with van der Waals surface area (Å²) in [7, 11) is 0. The first-order valence-corrected chi connectivity index (χ1v) is 5.00. The molecule has 0 fully saturated rings. The minimum atomic E-state index is -0.469. The summed E-state index contributed by atoms with van der Waals surface area (Å²) in [4.78, 5) is 22.0. The predicted molar refractivity (Wildman–Crippen MR) is 62.0 cm³/mol. The number of hydrogen-bond donors (Lipinski definition) is 3. The number of carbonyl (C=O) groups excluding carboxylic acids is 2. The van der Waals surface area contributed by atoms with Crippen LogP contribution in [-0.4, -0.2) is 18.4 Å². The summed E-state index contributed by atoms with van der Waals surface area (Å²) in [5.74, 6) is -0.824. The number of hydrogen-bond acceptors (Lipinski definition) is 3. The van der Waals surface area contributed by atoms with E-state index in [2.05, 4.69) is 5.32 Å². The molecular formula is C10H12ClN3O2. The molecule has 0 unspecified atom stereocenters. The number of rotatable bonds is 4. The minimum absolute atomic E-state index is 0.0956. The third-order valence-corrected chi connectivity index (χ3v) is 2.21. The van der Waals surface area contributed by atoms with Gasteiger partial charge < -0.3 is 16.8 Å². The van der Waals surface area contributed by atoms with Crippen molar-refractivity contribution in [2.75, 3.05) is 12.3 Å². The molecule has 2 amide bonds. The van der Waals surface area contributed by atoms with Crippen LogP contribution >= 0.6 is 11.6 Å². The van der Waals surface area contributed by atoms with Crippen LogP contribution in [0.3, 0.4) is 0 Å². The third-order valence-electron chi connectivity index (χ3n) is 1.89. The van der Waals surface area contributed by atoms with Crippen LogP contribution in [0, 0.1) is 0 Å². The Morgan fingerprint density at radius 3 is 2.62 bits per heavy atom. The summed E-state index contributed by atoms with van der Waals surface area (Å²) in [6.45, 7) is 0.189. The van der Waals surface area contributed by atoms with Gasteiger partial charge in [-0.25, -0.2) is 0 Å². The van der Waals surface area contributed by atoms with Gasteiger partial charge in [0.05, 0.1) is 10.6 Å². The summed E-state index contributed by atoms with van der Waals surface area (Å²) >= 11 is 5.83. The van der Waals surface area contributed by atoms with E-state index in [0.717, 1.165) is 0 Å². The maximum absolute atomic E-state index is 11.6. The van der Waals surface area contributed by atoms with Crippen molar-refractivity contribution in [1.29, 1.82) is 0 Å². The largest absolute Gasteiger partial charge is 0.399 e. The highest BCUT2D eigenvalue weighted by Gasteiger charge is 2.09. The van der Waals surface area contributed by atoms with E-state index in [0.29, 0.717) is 11.3 Å². The van der Waals surface area contributed by atoms with Gasteiger partial charge >= 0.3 is 0 Å². The predicted octanol–water partition coefficient (Wildman–Crippen LogP) is 0.527. The molecule has 0 bridgehead atoms. The van der Waals surface area contributed by atoms with Crippen molar-refractivity contribution in [3.63, 3.8) is 0 Å². The molecule has 0 atom stereocenters. The molecule has 0 aliphatic rings. The molecule has 5 nitrogen and oxygen atoms in total. The lowest BCUT2D eigenvalue weighted by Gasteiger charge is -2.06. The lowest BCUT2D eigenvalue weighted by Crippen LogP contribution is -2.28. The fraction of sp³-hybridized carbons (Fsp3) is 0.200. The highest BCUT2D eigenvalue weighted by Crippen LogP contribution is 2.18. The van der Waals surface area contributed by atoms with Crippen LogP contribution in [0.4, 0.5) is 5.69 Å². The molecule has 0 aromatic heterocycles. The van der Waals surface area contributed by atoms with Gasteiger partial charge in [-0.1, -0.05) is 11.6 Å². The van der Waals surface area contributed by atoms with Gasteiger partial charge in [-0.2, -0.15) is 0 Å². The summed E-state index contributed by atoms with van der Waals surface area (Å²) < 4.78 is 0. The zero-order valence-corrected chi connectivity index (χ0v) is 9.25. The van der Waals surface area contributed by atoms with Crippen LogP contribution in [0.1, 0.15) is 16.8 Å². The average Bonchev–Trinajstić information content (AvgIpc) is 2.16. The Labute approximate surface area is 97.7 Å². The van der Waals surface area contributed by atoms with E-state index in [9.17, 15) is 9.59 Å². The molecule has 5 N–H and O–H groups in total. The fourth-order valence-electron chi connectivity index (χ4n) is 1.11. The molecule has 0 radical (unpaired) electrons. The van der Waals surface area contributed by atoms with Gasteiger partial charge in [0, 0.05) is 18.7 Å². The van der Waals surface area contributed by atoms with E-state index in [4.69, 9.17) is 23.1 Å².